The molecule has 0 aliphatic carbocycles. The summed E-state index contributed by atoms with van der Waals surface area (Å²) in [5.41, 5.74) is 7.70. The molecule has 0 fully saturated rings. The van der Waals surface area contributed by atoms with Gasteiger partial charge in [-0.05, 0) is 44.4 Å². The standard InChI is InChI=1S/C23H25N5O4/c1-28(2)11-12-30-20-13-15(16-9-10-25-23(24)27-16)7-8-17(20)26-22(29)21-14-31-18-5-3-4-6-19(18)32-21/h3-10,13,21H,11-12,14H2,1-2H3,(H,26,29)(H2,24,25,27)/t21-/m1/s1. The summed E-state index contributed by atoms with van der Waals surface area (Å²) in [4.78, 5) is 23.1. The molecule has 32 heavy (non-hydrogen) atoms. The van der Waals surface area contributed by atoms with Gasteiger partial charge in [-0.1, -0.05) is 18.2 Å². The number of amides is 1. The first kappa shape index (κ1) is 21.4. The molecule has 0 unspecified atom stereocenters. The van der Waals surface area contributed by atoms with Crippen molar-refractivity contribution in [3.63, 3.8) is 0 Å². The number of hydrogen-bond donors (Lipinski definition) is 2. The van der Waals surface area contributed by atoms with Crippen LogP contribution in [0.2, 0.25) is 0 Å². The van der Waals surface area contributed by atoms with E-state index in [9.17, 15) is 4.79 Å². The van der Waals surface area contributed by atoms with Crippen LogP contribution in [0.1, 0.15) is 0 Å². The number of fused-ring (bicyclic) bond motifs is 1. The normalized spacial score (nSPS) is 14.8. The van der Waals surface area contributed by atoms with Crippen LogP contribution in [-0.4, -0.2) is 60.7 Å². The van der Waals surface area contributed by atoms with Gasteiger partial charge in [-0.2, -0.15) is 0 Å². The molecule has 1 aromatic heterocycles. The highest BCUT2D eigenvalue weighted by Gasteiger charge is 2.28. The van der Waals surface area contributed by atoms with Crippen LogP contribution in [0.25, 0.3) is 11.3 Å². The fourth-order valence-electron chi connectivity index (χ4n) is 3.14. The lowest BCUT2D eigenvalue weighted by Crippen LogP contribution is -2.40. The van der Waals surface area contributed by atoms with Gasteiger partial charge in [-0.3, -0.25) is 4.79 Å². The lowest BCUT2D eigenvalue weighted by molar-refractivity contribution is -0.125. The molecule has 2 aromatic carbocycles. The number of nitrogen functional groups attached to an aromatic ring is 1. The van der Waals surface area contributed by atoms with Gasteiger partial charge >= 0.3 is 0 Å². The van der Waals surface area contributed by atoms with Crippen LogP contribution in [0, 0.1) is 0 Å². The number of carbonyl (C=O) groups excluding carboxylic acids is 1. The van der Waals surface area contributed by atoms with E-state index in [4.69, 9.17) is 19.9 Å². The Morgan fingerprint density at radius 1 is 1.22 bits per heavy atom. The summed E-state index contributed by atoms with van der Waals surface area (Å²) in [5.74, 6) is 1.54. The SMILES string of the molecule is CN(C)CCOc1cc(-c2ccnc(N)n2)ccc1NC(=O)[C@H]1COc2ccccc2O1. The zero-order valence-electron chi connectivity index (χ0n) is 17.9. The molecule has 0 radical (unpaired) electrons. The van der Waals surface area contributed by atoms with Gasteiger partial charge in [0.1, 0.15) is 19.0 Å². The van der Waals surface area contributed by atoms with E-state index >= 15 is 0 Å². The minimum atomic E-state index is -0.777. The maximum Gasteiger partial charge on any atom is 0.269 e. The Bertz CT molecular complexity index is 1110. The number of rotatable bonds is 7. The van der Waals surface area contributed by atoms with E-state index in [0.29, 0.717) is 41.8 Å². The fraction of sp³-hybridized carbons (Fsp3) is 0.261. The Morgan fingerprint density at radius 3 is 2.81 bits per heavy atom. The van der Waals surface area contributed by atoms with Crippen LogP contribution in [0.5, 0.6) is 17.2 Å². The Balaban J connectivity index is 1.54. The van der Waals surface area contributed by atoms with Gasteiger partial charge in [0.2, 0.25) is 12.1 Å². The van der Waals surface area contributed by atoms with Crippen LogP contribution in [-0.2, 0) is 4.79 Å². The molecule has 1 aliphatic rings. The highest BCUT2D eigenvalue weighted by molar-refractivity contribution is 5.96. The van der Waals surface area contributed by atoms with Crippen molar-refractivity contribution in [1.29, 1.82) is 0 Å². The van der Waals surface area contributed by atoms with Crippen molar-refractivity contribution < 1.29 is 19.0 Å². The summed E-state index contributed by atoms with van der Waals surface area (Å²) in [6.07, 6.45) is 0.818. The van der Waals surface area contributed by atoms with E-state index in [1.807, 2.05) is 43.3 Å². The van der Waals surface area contributed by atoms with E-state index in [0.717, 1.165) is 5.56 Å². The Hall–Kier alpha value is -3.85. The number of nitrogens with one attached hydrogen (secondary N) is 1. The Labute approximate surface area is 186 Å². The van der Waals surface area contributed by atoms with Crippen molar-refractivity contribution >= 4 is 17.5 Å². The molecule has 1 aliphatic heterocycles. The zero-order valence-corrected chi connectivity index (χ0v) is 17.9. The van der Waals surface area contributed by atoms with Crippen molar-refractivity contribution in [2.45, 2.75) is 6.10 Å². The number of benzene rings is 2. The smallest absolute Gasteiger partial charge is 0.269 e. The van der Waals surface area contributed by atoms with E-state index in [2.05, 4.69) is 15.3 Å². The quantitative estimate of drug-likeness (QED) is 0.582. The number of ether oxygens (including phenoxy) is 3. The molecule has 9 nitrogen and oxygen atoms in total. The Kier molecular flexibility index (Phi) is 6.37. The number of nitrogens with two attached hydrogens (primary N) is 1. The van der Waals surface area contributed by atoms with E-state index < -0.39 is 6.10 Å². The van der Waals surface area contributed by atoms with E-state index in [1.165, 1.54) is 0 Å². The largest absolute Gasteiger partial charge is 0.490 e. The monoisotopic (exact) mass is 435 g/mol. The molecule has 4 rings (SSSR count). The molecule has 166 valence electrons. The van der Waals surface area contributed by atoms with E-state index in [1.54, 1.807) is 30.5 Å². The molecule has 0 bridgehead atoms. The summed E-state index contributed by atoms with van der Waals surface area (Å²) < 4.78 is 17.4. The van der Waals surface area contributed by atoms with Crippen LogP contribution in [0.3, 0.4) is 0 Å². The molecule has 0 saturated heterocycles. The first-order valence-corrected chi connectivity index (χ1v) is 10.2. The third kappa shape index (κ3) is 5.06. The van der Waals surface area contributed by atoms with Gasteiger partial charge in [0, 0.05) is 18.3 Å². The number of likely N-dealkylation sites (N-methyl/N-ethyl adjacent to an activating group) is 1. The van der Waals surface area contributed by atoms with Gasteiger partial charge in [-0.15, -0.1) is 0 Å². The number of aromatic nitrogens is 2. The summed E-state index contributed by atoms with van der Waals surface area (Å²) in [5, 5.41) is 2.90. The minimum absolute atomic E-state index is 0.123. The highest BCUT2D eigenvalue weighted by Crippen LogP contribution is 2.33. The molecule has 3 aromatic rings. The van der Waals surface area contributed by atoms with Gasteiger partial charge in [0.25, 0.3) is 5.91 Å². The number of anilines is 2. The van der Waals surface area contributed by atoms with Crippen LogP contribution in [0.4, 0.5) is 11.6 Å². The van der Waals surface area contributed by atoms with Crippen LogP contribution >= 0.6 is 0 Å². The lowest BCUT2D eigenvalue weighted by atomic mass is 10.1. The fourth-order valence-corrected chi connectivity index (χ4v) is 3.14. The second-order valence-corrected chi connectivity index (χ2v) is 7.52. The van der Waals surface area contributed by atoms with Crippen molar-refractivity contribution in [2.24, 2.45) is 0 Å². The van der Waals surface area contributed by atoms with Gasteiger partial charge in [0.05, 0.1) is 11.4 Å². The molecule has 0 saturated carbocycles. The molecule has 9 heteroatoms. The molecule has 2 heterocycles. The molecule has 1 amide bonds. The minimum Gasteiger partial charge on any atom is -0.490 e. The molecular weight excluding hydrogens is 410 g/mol. The maximum absolute atomic E-state index is 12.9. The second kappa shape index (κ2) is 9.52. The molecular formula is C23H25N5O4. The first-order valence-electron chi connectivity index (χ1n) is 10.2. The summed E-state index contributed by atoms with van der Waals surface area (Å²) in [6, 6.07) is 14.5. The average molecular weight is 435 g/mol. The van der Waals surface area contributed by atoms with Crippen LogP contribution in [0.15, 0.2) is 54.7 Å². The number of carbonyl (C=O) groups is 1. The average Bonchev–Trinajstić information content (AvgIpc) is 2.79. The number of hydrogen-bond acceptors (Lipinski definition) is 8. The Morgan fingerprint density at radius 2 is 2.03 bits per heavy atom. The predicted molar refractivity (Wildman–Crippen MR) is 121 cm³/mol. The topological polar surface area (TPSA) is 112 Å². The summed E-state index contributed by atoms with van der Waals surface area (Å²) >= 11 is 0. The third-order valence-corrected chi connectivity index (χ3v) is 4.81. The van der Waals surface area contributed by atoms with Gasteiger partial charge in [-0.25, -0.2) is 9.97 Å². The highest BCUT2D eigenvalue weighted by atomic mass is 16.6. The van der Waals surface area contributed by atoms with Gasteiger partial charge < -0.3 is 30.2 Å². The predicted octanol–water partition coefficient (Wildman–Crippen LogP) is 2.44. The first-order chi connectivity index (χ1) is 15.5. The molecule has 0 spiro atoms. The number of nitrogens with zero attached hydrogens (tertiary/aromatic N) is 3. The lowest BCUT2D eigenvalue weighted by Gasteiger charge is -2.26. The third-order valence-electron chi connectivity index (χ3n) is 4.81. The van der Waals surface area contributed by atoms with Gasteiger partial charge in [0.15, 0.2) is 11.5 Å². The number of para-hydroxylation sites is 2. The van der Waals surface area contributed by atoms with Crippen molar-refractivity contribution in [3.8, 4) is 28.5 Å². The van der Waals surface area contributed by atoms with Crippen molar-refractivity contribution in [2.75, 3.05) is 44.9 Å². The van der Waals surface area contributed by atoms with Crippen LogP contribution < -0.4 is 25.3 Å². The van der Waals surface area contributed by atoms with Crippen molar-refractivity contribution in [3.05, 3.63) is 54.7 Å². The zero-order chi connectivity index (χ0) is 22.5. The molecule has 3 N–H and O–H groups in total. The van der Waals surface area contributed by atoms with E-state index in [-0.39, 0.29) is 18.5 Å². The summed E-state index contributed by atoms with van der Waals surface area (Å²) in [7, 11) is 3.93. The second-order valence-electron chi connectivity index (χ2n) is 7.52. The maximum atomic E-state index is 12.9. The summed E-state index contributed by atoms with van der Waals surface area (Å²) in [6.45, 7) is 1.29. The van der Waals surface area contributed by atoms with Crippen molar-refractivity contribution in [1.82, 2.24) is 14.9 Å². The molecule has 1 atom stereocenters.